The second kappa shape index (κ2) is 7.30. The topological polar surface area (TPSA) is 17.1 Å². The van der Waals surface area contributed by atoms with Crippen LogP contribution in [0.5, 0.6) is 0 Å². The van der Waals surface area contributed by atoms with Gasteiger partial charge in [0.1, 0.15) is 5.78 Å². The van der Waals surface area contributed by atoms with Crippen molar-refractivity contribution in [1.82, 2.24) is 0 Å². The highest BCUT2D eigenvalue weighted by Gasteiger charge is 2.30. The summed E-state index contributed by atoms with van der Waals surface area (Å²) in [5.74, 6) is 0.196. The van der Waals surface area contributed by atoms with Crippen LogP contribution in [0.3, 0.4) is 0 Å². The second-order valence-corrected chi connectivity index (χ2v) is 7.41. The fourth-order valence-corrected chi connectivity index (χ4v) is 4.88. The van der Waals surface area contributed by atoms with Crippen LogP contribution in [-0.4, -0.2) is 5.78 Å². The Morgan fingerprint density at radius 3 is 1.74 bits per heavy atom. The van der Waals surface area contributed by atoms with E-state index in [0.29, 0.717) is 6.42 Å². The predicted molar refractivity (Wildman–Crippen MR) is 95.9 cm³/mol. The molecule has 0 saturated carbocycles. The molecule has 0 unspecified atom stereocenters. The molecule has 0 fully saturated rings. The first kappa shape index (κ1) is 15.6. The van der Waals surface area contributed by atoms with Gasteiger partial charge in [0.05, 0.1) is 10.9 Å². The van der Waals surface area contributed by atoms with Gasteiger partial charge >= 0.3 is 0 Å². The van der Waals surface area contributed by atoms with Gasteiger partial charge in [0.15, 0.2) is 14.7 Å². The Balaban J connectivity index is 2.15. The number of Topliss-reactive ketones (excluding diaryl/α,β-unsaturated/α-hetero) is 1. The minimum Gasteiger partial charge on any atom is -0.300 e. The Kier molecular flexibility index (Phi) is 4.94. The highest BCUT2D eigenvalue weighted by Crippen LogP contribution is 2.33. The highest BCUT2D eigenvalue weighted by molar-refractivity contribution is 7.97. The van der Waals surface area contributed by atoms with Crippen molar-refractivity contribution in [2.45, 2.75) is 28.0 Å². The largest absolute Gasteiger partial charge is 0.300 e. The van der Waals surface area contributed by atoms with E-state index in [1.54, 1.807) is 6.92 Å². The minimum absolute atomic E-state index is 0.195. The lowest BCUT2D eigenvalue weighted by atomic mass is 10.1. The van der Waals surface area contributed by atoms with Crippen molar-refractivity contribution in [2.24, 2.45) is 0 Å². The number of ketones is 1. The first-order valence-electron chi connectivity index (χ1n) is 7.67. The van der Waals surface area contributed by atoms with Gasteiger partial charge in [-0.25, -0.2) is 0 Å². The van der Waals surface area contributed by atoms with Gasteiger partial charge in [-0.15, -0.1) is 0 Å². The number of hydrogen-bond donors (Lipinski definition) is 0. The standard InChI is InChI=1S/C21H19OS/c1-17(22)16-18-10-8-9-15-21(18)23(19-11-4-2-5-12-19)20-13-6-3-7-14-20/h2-15H,16H2,1H3/q+1. The third kappa shape index (κ3) is 3.72. The van der Waals surface area contributed by atoms with E-state index in [1.165, 1.54) is 14.7 Å². The summed E-state index contributed by atoms with van der Waals surface area (Å²) in [5, 5.41) is 0. The summed E-state index contributed by atoms with van der Waals surface area (Å²) in [7, 11) is -0.195. The van der Waals surface area contributed by atoms with Crippen LogP contribution in [0.25, 0.3) is 0 Å². The lowest BCUT2D eigenvalue weighted by molar-refractivity contribution is -0.116. The van der Waals surface area contributed by atoms with Gasteiger partial charge in [-0.1, -0.05) is 54.6 Å². The van der Waals surface area contributed by atoms with Crippen molar-refractivity contribution in [3.05, 3.63) is 90.5 Å². The van der Waals surface area contributed by atoms with E-state index in [0.717, 1.165) is 5.56 Å². The van der Waals surface area contributed by atoms with E-state index >= 15 is 0 Å². The summed E-state index contributed by atoms with van der Waals surface area (Å²) in [5.41, 5.74) is 1.12. The summed E-state index contributed by atoms with van der Waals surface area (Å²) < 4.78 is 0. The van der Waals surface area contributed by atoms with Crippen LogP contribution in [0.1, 0.15) is 12.5 Å². The Morgan fingerprint density at radius 1 is 0.739 bits per heavy atom. The van der Waals surface area contributed by atoms with Crippen LogP contribution < -0.4 is 0 Å². The first-order valence-corrected chi connectivity index (χ1v) is 8.90. The van der Waals surface area contributed by atoms with Crippen molar-refractivity contribution in [1.29, 1.82) is 0 Å². The Labute approximate surface area is 140 Å². The molecule has 3 aromatic carbocycles. The molecule has 0 aromatic heterocycles. The number of carbonyl (C=O) groups excluding carboxylic acids is 1. The van der Waals surface area contributed by atoms with Crippen LogP contribution in [0.2, 0.25) is 0 Å². The Morgan fingerprint density at radius 2 is 1.22 bits per heavy atom. The number of hydrogen-bond acceptors (Lipinski definition) is 1. The average molecular weight is 319 g/mol. The van der Waals surface area contributed by atoms with Gasteiger partial charge < -0.3 is 0 Å². The van der Waals surface area contributed by atoms with Crippen molar-refractivity contribution >= 4 is 16.7 Å². The van der Waals surface area contributed by atoms with E-state index in [1.807, 2.05) is 18.2 Å². The summed E-state index contributed by atoms with van der Waals surface area (Å²) in [4.78, 5) is 15.4. The van der Waals surface area contributed by atoms with Gasteiger partial charge in [-0.3, -0.25) is 4.79 Å². The molecule has 114 valence electrons. The molecule has 0 N–H and O–H groups in total. The molecule has 0 bridgehead atoms. The molecule has 0 saturated heterocycles. The van der Waals surface area contributed by atoms with Crippen LogP contribution in [0, 0.1) is 0 Å². The lowest BCUT2D eigenvalue weighted by Crippen LogP contribution is -2.09. The number of benzene rings is 3. The molecule has 0 radical (unpaired) electrons. The summed E-state index contributed by atoms with van der Waals surface area (Å²) >= 11 is 0. The maximum absolute atomic E-state index is 11.7. The van der Waals surface area contributed by atoms with Crippen LogP contribution in [0.4, 0.5) is 0 Å². The molecular formula is C21H19OS+. The van der Waals surface area contributed by atoms with E-state index in [2.05, 4.69) is 66.7 Å². The molecule has 3 aromatic rings. The molecule has 0 amide bonds. The summed E-state index contributed by atoms with van der Waals surface area (Å²) in [6.07, 6.45) is 0.485. The molecule has 0 aliphatic carbocycles. The van der Waals surface area contributed by atoms with E-state index < -0.39 is 0 Å². The first-order chi connectivity index (χ1) is 11.3. The average Bonchev–Trinajstić information content (AvgIpc) is 2.58. The monoisotopic (exact) mass is 319 g/mol. The second-order valence-electron chi connectivity index (χ2n) is 5.42. The van der Waals surface area contributed by atoms with Gasteiger partial charge in [0.2, 0.25) is 0 Å². The molecular weight excluding hydrogens is 300 g/mol. The fourth-order valence-electron chi connectivity index (χ4n) is 2.62. The van der Waals surface area contributed by atoms with Crippen LogP contribution in [-0.2, 0) is 22.1 Å². The van der Waals surface area contributed by atoms with Gasteiger partial charge in [-0.2, -0.15) is 0 Å². The number of carbonyl (C=O) groups is 1. The third-order valence-corrected chi connectivity index (χ3v) is 5.91. The van der Waals surface area contributed by atoms with E-state index in [9.17, 15) is 4.79 Å². The van der Waals surface area contributed by atoms with Gasteiger partial charge in [0, 0.05) is 12.0 Å². The number of rotatable bonds is 5. The summed E-state index contributed by atoms with van der Waals surface area (Å²) in [6, 6.07) is 29.3. The third-order valence-electron chi connectivity index (χ3n) is 3.59. The van der Waals surface area contributed by atoms with Crippen molar-refractivity contribution in [3.8, 4) is 0 Å². The zero-order valence-electron chi connectivity index (χ0n) is 13.1. The van der Waals surface area contributed by atoms with Gasteiger partial charge in [0.25, 0.3) is 0 Å². The van der Waals surface area contributed by atoms with Crippen molar-refractivity contribution in [3.63, 3.8) is 0 Å². The van der Waals surface area contributed by atoms with Crippen LogP contribution >= 0.6 is 0 Å². The zero-order chi connectivity index (χ0) is 16.1. The molecule has 0 aliphatic rings. The molecule has 0 aliphatic heterocycles. The SMILES string of the molecule is CC(=O)Cc1ccccc1[S+](c1ccccc1)c1ccccc1. The minimum atomic E-state index is -0.195. The molecule has 0 heterocycles. The van der Waals surface area contributed by atoms with Crippen molar-refractivity contribution < 1.29 is 4.79 Å². The van der Waals surface area contributed by atoms with E-state index in [-0.39, 0.29) is 16.7 Å². The Bertz CT molecular complexity index is 742. The molecule has 3 rings (SSSR count). The lowest BCUT2D eigenvalue weighted by Gasteiger charge is -2.11. The molecule has 1 nitrogen and oxygen atoms in total. The maximum Gasteiger partial charge on any atom is 0.170 e. The van der Waals surface area contributed by atoms with Crippen molar-refractivity contribution in [2.75, 3.05) is 0 Å². The Hall–Kier alpha value is -2.32. The van der Waals surface area contributed by atoms with Gasteiger partial charge in [-0.05, 0) is 37.3 Å². The highest BCUT2D eigenvalue weighted by atomic mass is 32.2. The maximum atomic E-state index is 11.7. The molecule has 23 heavy (non-hydrogen) atoms. The predicted octanol–water partition coefficient (Wildman–Crippen LogP) is 4.91. The van der Waals surface area contributed by atoms with E-state index in [4.69, 9.17) is 0 Å². The summed E-state index contributed by atoms with van der Waals surface area (Å²) in [6.45, 7) is 1.65. The molecule has 0 spiro atoms. The quantitative estimate of drug-likeness (QED) is 0.610. The zero-order valence-corrected chi connectivity index (χ0v) is 13.9. The van der Waals surface area contributed by atoms with Crippen LogP contribution in [0.15, 0.2) is 99.6 Å². The normalized spacial score (nSPS) is 10.7. The molecule has 0 atom stereocenters. The molecule has 2 heteroatoms. The fraction of sp³-hybridized carbons (Fsp3) is 0.0952. The smallest absolute Gasteiger partial charge is 0.170 e.